The zero-order valence-electron chi connectivity index (χ0n) is 24.4. The average Bonchev–Trinajstić information content (AvgIpc) is 2.98. The number of hydrogen-bond acceptors (Lipinski definition) is 8. The number of hydrogen-bond donors (Lipinski definition) is 4. The standard InChI is InChI=1S/C29H34F4N2O9S/c1-28(27(39)40)10-8-19(9-11-28)44-24-14-21(23(43-2)15-22(24)30)26(38)34-16-17(5-4-12-36)25(37)35-18-6-3-7-20(13-18)45(41,42)29(31,32)33/h3,6-7,13-15,17,19,36H,4-5,8-12,16H2,1-2H3,(H,34,38)(H,35,37)(H,39,40)/t17-,19?,28?/m0/s1. The Kier molecular flexibility index (Phi) is 11.4. The summed E-state index contributed by atoms with van der Waals surface area (Å²) in [6.07, 6.45) is 0.999. The molecule has 2 aromatic rings. The van der Waals surface area contributed by atoms with Crippen LogP contribution in [0.3, 0.4) is 0 Å². The van der Waals surface area contributed by atoms with Crippen molar-refractivity contribution in [1.82, 2.24) is 5.32 Å². The van der Waals surface area contributed by atoms with Crippen molar-refractivity contribution < 1.29 is 60.0 Å². The molecule has 2 aromatic carbocycles. The molecule has 16 heteroatoms. The summed E-state index contributed by atoms with van der Waals surface area (Å²) >= 11 is 0. The number of halogens is 4. The quantitative estimate of drug-likeness (QED) is 0.229. The van der Waals surface area contributed by atoms with Gasteiger partial charge >= 0.3 is 11.5 Å². The number of alkyl halides is 3. The van der Waals surface area contributed by atoms with E-state index in [1.807, 2.05) is 0 Å². The van der Waals surface area contributed by atoms with Gasteiger partial charge in [0.05, 0.1) is 35.0 Å². The Labute approximate surface area is 256 Å². The number of aliphatic carboxylic acids is 1. The van der Waals surface area contributed by atoms with Crippen LogP contribution in [0.5, 0.6) is 11.5 Å². The van der Waals surface area contributed by atoms with E-state index >= 15 is 0 Å². The molecule has 4 N–H and O–H groups in total. The summed E-state index contributed by atoms with van der Waals surface area (Å²) in [4.78, 5) is 36.6. The molecule has 0 heterocycles. The molecular formula is C29H34F4N2O9S. The highest BCUT2D eigenvalue weighted by molar-refractivity contribution is 7.92. The topological polar surface area (TPSA) is 168 Å². The zero-order chi connectivity index (χ0) is 33.6. The monoisotopic (exact) mass is 662 g/mol. The van der Waals surface area contributed by atoms with Crippen molar-refractivity contribution in [1.29, 1.82) is 0 Å². The number of methoxy groups -OCH3 is 1. The number of aliphatic hydroxyl groups excluding tert-OH is 1. The fourth-order valence-corrected chi connectivity index (χ4v) is 5.61. The van der Waals surface area contributed by atoms with Gasteiger partial charge in [0.1, 0.15) is 5.75 Å². The Bertz CT molecular complexity index is 1510. The predicted molar refractivity (Wildman–Crippen MR) is 152 cm³/mol. The lowest BCUT2D eigenvalue weighted by atomic mass is 9.75. The van der Waals surface area contributed by atoms with Gasteiger partial charge in [-0.25, -0.2) is 12.8 Å². The summed E-state index contributed by atoms with van der Waals surface area (Å²) in [6.45, 7) is 1.00. The highest BCUT2D eigenvalue weighted by Crippen LogP contribution is 2.38. The molecule has 0 saturated heterocycles. The predicted octanol–water partition coefficient (Wildman–Crippen LogP) is 4.30. The second-order valence-electron chi connectivity index (χ2n) is 10.9. The minimum absolute atomic E-state index is 0.0367. The van der Waals surface area contributed by atoms with E-state index in [1.54, 1.807) is 6.92 Å². The van der Waals surface area contributed by atoms with Crippen LogP contribution in [-0.2, 0) is 19.4 Å². The van der Waals surface area contributed by atoms with E-state index in [0.717, 1.165) is 24.3 Å². The van der Waals surface area contributed by atoms with Crippen LogP contribution in [0.2, 0.25) is 0 Å². The van der Waals surface area contributed by atoms with Crippen molar-refractivity contribution in [3.05, 3.63) is 47.8 Å². The number of carbonyl (C=O) groups is 3. The fraction of sp³-hybridized carbons (Fsp3) is 0.483. The first kappa shape index (κ1) is 35.6. The molecule has 2 amide bonds. The van der Waals surface area contributed by atoms with E-state index in [2.05, 4.69) is 10.6 Å². The van der Waals surface area contributed by atoms with Gasteiger partial charge in [-0.15, -0.1) is 0 Å². The van der Waals surface area contributed by atoms with E-state index < -0.39 is 61.3 Å². The third-order valence-corrected chi connectivity index (χ3v) is 9.14. The molecule has 1 fully saturated rings. The molecule has 0 spiro atoms. The van der Waals surface area contributed by atoms with Gasteiger partial charge in [-0.1, -0.05) is 6.07 Å². The van der Waals surface area contributed by atoms with Crippen molar-refractivity contribution >= 4 is 33.3 Å². The molecule has 1 aliphatic rings. The fourth-order valence-electron chi connectivity index (χ4n) is 4.81. The lowest BCUT2D eigenvalue weighted by Crippen LogP contribution is -2.36. The number of rotatable bonds is 13. The Morgan fingerprint density at radius 2 is 1.78 bits per heavy atom. The maximum Gasteiger partial charge on any atom is 0.501 e. The third kappa shape index (κ3) is 8.63. The number of anilines is 1. The minimum atomic E-state index is -5.67. The van der Waals surface area contributed by atoms with E-state index in [0.29, 0.717) is 31.7 Å². The summed E-state index contributed by atoms with van der Waals surface area (Å²) < 4.78 is 88.2. The Morgan fingerprint density at radius 1 is 1.11 bits per heavy atom. The smallest absolute Gasteiger partial charge is 0.496 e. The van der Waals surface area contributed by atoms with Crippen LogP contribution >= 0.6 is 0 Å². The van der Waals surface area contributed by atoms with Gasteiger partial charge in [-0.2, -0.15) is 13.2 Å². The number of benzene rings is 2. The van der Waals surface area contributed by atoms with Gasteiger partial charge in [-0.3, -0.25) is 14.4 Å². The molecule has 1 atom stereocenters. The lowest BCUT2D eigenvalue weighted by molar-refractivity contribution is -0.150. The van der Waals surface area contributed by atoms with Gasteiger partial charge in [0.25, 0.3) is 15.7 Å². The van der Waals surface area contributed by atoms with Gasteiger partial charge in [0.15, 0.2) is 11.6 Å². The molecule has 0 unspecified atom stereocenters. The van der Waals surface area contributed by atoms with Crippen LogP contribution in [0.1, 0.15) is 55.8 Å². The van der Waals surface area contributed by atoms with Crippen LogP contribution in [0, 0.1) is 17.2 Å². The molecule has 0 aliphatic heterocycles. The number of carboxylic acid groups (broad SMARTS) is 1. The Hall–Kier alpha value is -3.92. The number of ether oxygens (including phenoxy) is 2. The molecule has 1 saturated carbocycles. The summed E-state index contributed by atoms with van der Waals surface area (Å²) in [5.74, 6) is -4.71. The van der Waals surface area contributed by atoms with Crippen molar-refractivity contribution in [2.24, 2.45) is 11.3 Å². The van der Waals surface area contributed by atoms with E-state index in [-0.39, 0.29) is 48.7 Å². The number of nitrogens with one attached hydrogen (secondary N) is 2. The summed E-state index contributed by atoms with van der Waals surface area (Å²) in [6, 6.07) is 5.68. The molecule has 1 aliphatic carbocycles. The summed E-state index contributed by atoms with van der Waals surface area (Å²) in [7, 11) is -4.45. The molecule has 45 heavy (non-hydrogen) atoms. The highest BCUT2D eigenvalue weighted by atomic mass is 32.2. The maximum atomic E-state index is 14.8. The van der Waals surface area contributed by atoms with Gasteiger partial charge in [0.2, 0.25) is 5.91 Å². The normalized spacial score (nSPS) is 19.3. The molecule has 11 nitrogen and oxygen atoms in total. The first-order chi connectivity index (χ1) is 21.0. The molecular weight excluding hydrogens is 628 g/mol. The average molecular weight is 663 g/mol. The maximum absolute atomic E-state index is 14.8. The first-order valence-corrected chi connectivity index (χ1v) is 15.4. The van der Waals surface area contributed by atoms with Crippen LogP contribution < -0.4 is 20.1 Å². The minimum Gasteiger partial charge on any atom is -0.496 e. The van der Waals surface area contributed by atoms with E-state index in [9.17, 15) is 50.6 Å². The SMILES string of the molecule is COc1cc(F)c(OC2CCC(C)(C(=O)O)CC2)cc1C(=O)NC[C@H](CCCO)C(=O)Nc1cccc(S(=O)(=O)C(F)(F)F)c1. The molecule has 3 rings (SSSR count). The van der Waals surface area contributed by atoms with Gasteiger partial charge in [-0.05, 0) is 69.7 Å². The van der Waals surface area contributed by atoms with Crippen LogP contribution in [0.4, 0.5) is 23.2 Å². The highest BCUT2D eigenvalue weighted by Gasteiger charge is 2.47. The number of carbonyl (C=O) groups excluding carboxylic acids is 2. The first-order valence-electron chi connectivity index (χ1n) is 13.9. The van der Waals surface area contributed by atoms with E-state index in [4.69, 9.17) is 9.47 Å². The Balaban J connectivity index is 1.74. The number of carboxylic acids is 1. The largest absolute Gasteiger partial charge is 0.501 e. The number of sulfone groups is 1. The van der Waals surface area contributed by atoms with E-state index in [1.165, 1.54) is 13.2 Å². The number of amides is 2. The van der Waals surface area contributed by atoms with Crippen molar-refractivity contribution in [3.8, 4) is 11.5 Å². The molecule has 0 aromatic heterocycles. The molecule has 0 bridgehead atoms. The van der Waals surface area contributed by atoms with Gasteiger partial charge < -0.3 is 30.3 Å². The summed E-state index contributed by atoms with van der Waals surface area (Å²) in [5.41, 5.74) is -6.83. The van der Waals surface area contributed by atoms with Gasteiger partial charge in [0, 0.05) is 24.9 Å². The number of aliphatic hydroxyl groups is 1. The van der Waals surface area contributed by atoms with Crippen LogP contribution in [-0.4, -0.2) is 68.3 Å². The third-order valence-electron chi connectivity index (χ3n) is 7.65. The Morgan fingerprint density at radius 3 is 2.36 bits per heavy atom. The van der Waals surface area contributed by atoms with Crippen LogP contribution in [0.15, 0.2) is 41.3 Å². The van der Waals surface area contributed by atoms with Crippen molar-refractivity contribution in [3.63, 3.8) is 0 Å². The van der Waals surface area contributed by atoms with Crippen molar-refractivity contribution in [2.45, 2.75) is 62.0 Å². The van der Waals surface area contributed by atoms with Crippen LogP contribution in [0.25, 0.3) is 0 Å². The zero-order valence-corrected chi connectivity index (χ0v) is 25.3. The van der Waals surface area contributed by atoms with Crippen molar-refractivity contribution in [2.75, 3.05) is 25.6 Å². The summed E-state index contributed by atoms with van der Waals surface area (Å²) in [5, 5.41) is 23.6. The molecule has 248 valence electrons. The second-order valence-corrected chi connectivity index (χ2v) is 12.8. The molecule has 0 radical (unpaired) electrons. The lowest BCUT2D eigenvalue weighted by Gasteiger charge is -2.34. The second kappa shape index (κ2) is 14.5.